The highest BCUT2D eigenvalue weighted by Gasteiger charge is 2.18. The van der Waals surface area contributed by atoms with Crippen molar-refractivity contribution in [3.63, 3.8) is 0 Å². The van der Waals surface area contributed by atoms with Crippen molar-refractivity contribution >= 4 is 33.3 Å². The van der Waals surface area contributed by atoms with Gasteiger partial charge in [0, 0.05) is 10.0 Å². The summed E-state index contributed by atoms with van der Waals surface area (Å²) in [5.41, 5.74) is 0.974. The molecule has 0 atom stereocenters. The van der Waals surface area contributed by atoms with Crippen molar-refractivity contribution in [2.45, 2.75) is 20.0 Å². The largest absolute Gasteiger partial charge is 0.490 e. The molecule has 0 N–H and O–H groups in total. The SMILES string of the molecule is CC(C)Oc1ccccc1C(=O)c1cc(Br)ccc1Cl. The zero-order valence-corrected chi connectivity index (χ0v) is 13.5. The molecule has 0 aliphatic heterocycles. The lowest BCUT2D eigenvalue weighted by molar-refractivity contribution is 0.103. The topological polar surface area (TPSA) is 26.3 Å². The molecule has 0 saturated heterocycles. The van der Waals surface area contributed by atoms with Crippen LogP contribution in [0.25, 0.3) is 0 Å². The van der Waals surface area contributed by atoms with Gasteiger partial charge in [0.1, 0.15) is 5.75 Å². The summed E-state index contributed by atoms with van der Waals surface area (Å²) in [5.74, 6) is 0.427. The van der Waals surface area contributed by atoms with Crippen molar-refractivity contribution in [1.82, 2.24) is 0 Å². The number of hydrogen-bond acceptors (Lipinski definition) is 2. The predicted molar refractivity (Wildman–Crippen MR) is 84.8 cm³/mol. The van der Waals surface area contributed by atoms with Gasteiger partial charge in [-0.05, 0) is 44.2 Å². The molecule has 20 heavy (non-hydrogen) atoms. The van der Waals surface area contributed by atoms with Crippen LogP contribution in [0.2, 0.25) is 5.02 Å². The fraction of sp³-hybridized carbons (Fsp3) is 0.188. The Morgan fingerprint density at radius 1 is 1.15 bits per heavy atom. The van der Waals surface area contributed by atoms with Gasteiger partial charge in [0.05, 0.1) is 16.7 Å². The second-order valence-electron chi connectivity index (χ2n) is 4.62. The van der Waals surface area contributed by atoms with E-state index in [1.807, 2.05) is 26.0 Å². The standard InChI is InChI=1S/C16H14BrClO2/c1-10(2)20-15-6-4-3-5-12(15)16(19)13-9-11(17)7-8-14(13)18/h3-10H,1-2H3. The van der Waals surface area contributed by atoms with Crippen LogP contribution in [0.3, 0.4) is 0 Å². The maximum Gasteiger partial charge on any atom is 0.198 e. The lowest BCUT2D eigenvalue weighted by Gasteiger charge is -2.14. The molecule has 0 spiro atoms. The highest BCUT2D eigenvalue weighted by Crippen LogP contribution is 2.28. The van der Waals surface area contributed by atoms with E-state index in [1.165, 1.54) is 0 Å². The van der Waals surface area contributed by atoms with Crippen molar-refractivity contribution in [2.75, 3.05) is 0 Å². The molecule has 0 aliphatic carbocycles. The van der Waals surface area contributed by atoms with E-state index in [-0.39, 0.29) is 11.9 Å². The third-order valence-electron chi connectivity index (χ3n) is 2.67. The number of ether oxygens (including phenoxy) is 1. The number of halogens is 2. The van der Waals surface area contributed by atoms with Gasteiger partial charge in [0.15, 0.2) is 5.78 Å². The van der Waals surface area contributed by atoms with Gasteiger partial charge in [0.2, 0.25) is 0 Å². The Hall–Kier alpha value is -1.32. The maximum atomic E-state index is 12.6. The van der Waals surface area contributed by atoms with Gasteiger partial charge in [-0.2, -0.15) is 0 Å². The molecule has 104 valence electrons. The van der Waals surface area contributed by atoms with Crippen LogP contribution in [-0.4, -0.2) is 11.9 Å². The molecule has 0 saturated carbocycles. The Kier molecular flexibility index (Phi) is 4.84. The fourth-order valence-electron chi connectivity index (χ4n) is 1.83. The van der Waals surface area contributed by atoms with E-state index in [0.29, 0.717) is 21.9 Å². The molecule has 0 aliphatic rings. The van der Waals surface area contributed by atoms with E-state index >= 15 is 0 Å². The van der Waals surface area contributed by atoms with E-state index in [1.54, 1.807) is 30.3 Å². The first-order valence-electron chi connectivity index (χ1n) is 6.24. The minimum atomic E-state index is -0.146. The van der Waals surface area contributed by atoms with E-state index in [9.17, 15) is 4.79 Å². The van der Waals surface area contributed by atoms with Gasteiger partial charge in [-0.15, -0.1) is 0 Å². The Balaban J connectivity index is 2.45. The third-order valence-corrected chi connectivity index (χ3v) is 3.49. The van der Waals surface area contributed by atoms with Gasteiger partial charge in [0.25, 0.3) is 0 Å². The zero-order chi connectivity index (χ0) is 14.7. The van der Waals surface area contributed by atoms with Crippen molar-refractivity contribution in [2.24, 2.45) is 0 Å². The summed E-state index contributed by atoms with van der Waals surface area (Å²) in [5, 5.41) is 0.428. The molecule has 2 aromatic carbocycles. The lowest BCUT2D eigenvalue weighted by atomic mass is 10.0. The smallest absolute Gasteiger partial charge is 0.198 e. The highest BCUT2D eigenvalue weighted by molar-refractivity contribution is 9.10. The van der Waals surface area contributed by atoms with E-state index in [0.717, 1.165) is 4.47 Å². The molecular formula is C16H14BrClO2. The van der Waals surface area contributed by atoms with Crippen molar-refractivity contribution < 1.29 is 9.53 Å². The normalized spacial score (nSPS) is 10.7. The van der Waals surface area contributed by atoms with Gasteiger partial charge >= 0.3 is 0 Å². The quantitative estimate of drug-likeness (QED) is 0.713. The second-order valence-corrected chi connectivity index (χ2v) is 5.94. The van der Waals surface area contributed by atoms with Gasteiger partial charge < -0.3 is 4.74 Å². The minimum absolute atomic E-state index is 0.00179. The van der Waals surface area contributed by atoms with Crippen molar-refractivity contribution in [3.8, 4) is 5.75 Å². The molecule has 0 fully saturated rings. The predicted octanol–water partition coefficient (Wildman–Crippen LogP) is 5.12. The summed E-state index contributed by atoms with van der Waals surface area (Å²) in [6.07, 6.45) is 0.00179. The summed E-state index contributed by atoms with van der Waals surface area (Å²) in [6.45, 7) is 3.85. The first-order valence-corrected chi connectivity index (χ1v) is 7.41. The van der Waals surface area contributed by atoms with Gasteiger partial charge in [-0.1, -0.05) is 39.7 Å². The third kappa shape index (κ3) is 3.41. The number of para-hydroxylation sites is 1. The number of carbonyl (C=O) groups is 1. The molecule has 2 aromatic rings. The van der Waals surface area contributed by atoms with E-state index in [4.69, 9.17) is 16.3 Å². The Labute approximate surface area is 131 Å². The molecular weight excluding hydrogens is 340 g/mol. The van der Waals surface area contributed by atoms with E-state index < -0.39 is 0 Å². The number of hydrogen-bond donors (Lipinski definition) is 0. The average molecular weight is 354 g/mol. The van der Waals surface area contributed by atoms with Crippen LogP contribution in [0.1, 0.15) is 29.8 Å². The van der Waals surface area contributed by atoms with E-state index in [2.05, 4.69) is 15.9 Å². The summed E-state index contributed by atoms with van der Waals surface area (Å²) < 4.78 is 6.49. The summed E-state index contributed by atoms with van der Waals surface area (Å²) in [4.78, 5) is 12.6. The Morgan fingerprint density at radius 2 is 1.85 bits per heavy atom. The van der Waals surface area contributed by atoms with Gasteiger partial charge in [-0.25, -0.2) is 0 Å². The zero-order valence-electron chi connectivity index (χ0n) is 11.2. The molecule has 0 heterocycles. The molecule has 0 bridgehead atoms. The highest BCUT2D eigenvalue weighted by atomic mass is 79.9. The number of rotatable bonds is 4. The Morgan fingerprint density at radius 3 is 2.55 bits per heavy atom. The van der Waals surface area contributed by atoms with Crippen LogP contribution in [0.4, 0.5) is 0 Å². The number of carbonyl (C=O) groups excluding carboxylic acids is 1. The molecule has 2 nitrogen and oxygen atoms in total. The molecule has 0 aromatic heterocycles. The molecule has 0 radical (unpaired) electrons. The fourth-order valence-corrected chi connectivity index (χ4v) is 2.39. The van der Waals surface area contributed by atoms with Crippen molar-refractivity contribution in [3.05, 3.63) is 63.1 Å². The van der Waals surface area contributed by atoms with Crippen LogP contribution in [0.5, 0.6) is 5.75 Å². The van der Waals surface area contributed by atoms with Crippen LogP contribution < -0.4 is 4.74 Å². The maximum absolute atomic E-state index is 12.6. The first kappa shape index (κ1) is 15.1. The summed E-state index contributed by atoms with van der Waals surface area (Å²) in [7, 11) is 0. The van der Waals surface area contributed by atoms with Gasteiger partial charge in [-0.3, -0.25) is 4.79 Å². The lowest BCUT2D eigenvalue weighted by Crippen LogP contribution is -2.11. The average Bonchev–Trinajstić information content (AvgIpc) is 2.41. The van der Waals surface area contributed by atoms with Crippen LogP contribution in [-0.2, 0) is 0 Å². The monoisotopic (exact) mass is 352 g/mol. The summed E-state index contributed by atoms with van der Waals surface area (Å²) >= 11 is 9.47. The van der Waals surface area contributed by atoms with Crippen LogP contribution in [0, 0.1) is 0 Å². The van der Waals surface area contributed by atoms with Crippen LogP contribution >= 0.6 is 27.5 Å². The minimum Gasteiger partial charge on any atom is -0.490 e. The summed E-state index contributed by atoms with van der Waals surface area (Å²) in [6, 6.07) is 12.4. The Bertz CT molecular complexity index is 638. The van der Waals surface area contributed by atoms with Crippen LogP contribution in [0.15, 0.2) is 46.9 Å². The molecule has 0 amide bonds. The first-order chi connectivity index (χ1) is 9.49. The second kappa shape index (κ2) is 6.42. The number of benzene rings is 2. The molecule has 0 unspecified atom stereocenters. The molecule has 2 rings (SSSR count). The van der Waals surface area contributed by atoms with Crippen molar-refractivity contribution in [1.29, 1.82) is 0 Å². The molecule has 4 heteroatoms. The number of ketones is 1.